The first-order valence-corrected chi connectivity index (χ1v) is 16.4. The van der Waals surface area contributed by atoms with E-state index in [9.17, 15) is 28.8 Å². The Morgan fingerprint density at radius 2 is 1.56 bits per heavy atom. The zero-order valence-electron chi connectivity index (χ0n) is 26.3. The van der Waals surface area contributed by atoms with Gasteiger partial charge in [-0.3, -0.25) is 24.0 Å². The van der Waals surface area contributed by atoms with Gasteiger partial charge in [-0.25, -0.2) is 4.79 Å². The second kappa shape index (κ2) is 13.9. The van der Waals surface area contributed by atoms with Crippen molar-refractivity contribution in [3.63, 3.8) is 0 Å². The fourth-order valence-electron chi connectivity index (χ4n) is 7.20. The molecule has 0 unspecified atom stereocenters. The summed E-state index contributed by atoms with van der Waals surface area (Å²) in [6, 6.07) is -3.83. The highest BCUT2D eigenvalue weighted by Crippen LogP contribution is 2.65. The molecule has 2 aliphatic heterocycles. The van der Waals surface area contributed by atoms with Crippen LogP contribution in [0.3, 0.4) is 0 Å². The Labute approximate surface area is 255 Å². The summed E-state index contributed by atoms with van der Waals surface area (Å²) in [6.07, 6.45) is 8.60. The molecule has 4 aliphatic rings. The van der Waals surface area contributed by atoms with Crippen LogP contribution in [-0.2, 0) is 24.0 Å². The summed E-state index contributed by atoms with van der Waals surface area (Å²) in [6.45, 7) is 7.89. The number of hydrogen-bond acceptors (Lipinski definition) is 7. The minimum absolute atomic E-state index is 0.00762. The molecule has 43 heavy (non-hydrogen) atoms. The second-order valence-corrected chi connectivity index (χ2v) is 14.1. The minimum atomic E-state index is -0.981. The molecular weight excluding hydrogens is 550 g/mol. The Bertz CT molecular complexity index is 1100. The Morgan fingerprint density at radius 3 is 2.14 bits per heavy atom. The molecule has 0 aromatic heterocycles. The van der Waals surface area contributed by atoms with E-state index in [2.05, 4.69) is 29.8 Å². The first-order valence-electron chi connectivity index (χ1n) is 16.4. The normalized spacial score (nSPS) is 30.5. The number of amides is 4. The molecule has 0 radical (unpaired) electrons. The van der Waals surface area contributed by atoms with Gasteiger partial charge in [-0.1, -0.05) is 72.6 Å². The van der Waals surface area contributed by atoms with E-state index in [0.717, 1.165) is 51.4 Å². The number of nitrogens with zero attached hydrogens (tertiary/aromatic N) is 1. The van der Waals surface area contributed by atoms with Crippen LogP contribution in [0.5, 0.6) is 0 Å². The van der Waals surface area contributed by atoms with E-state index in [4.69, 9.17) is 5.73 Å². The van der Waals surface area contributed by atoms with E-state index in [1.54, 1.807) is 4.90 Å². The second-order valence-electron chi connectivity index (χ2n) is 14.1. The first kappa shape index (κ1) is 33.1. The number of ketones is 3. The maximum atomic E-state index is 14.1. The van der Waals surface area contributed by atoms with Crippen molar-refractivity contribution >= 4 is 35.2 Å². The number of piperidine rings is 1. The molecule has 240 valence electrons. The summed E-state index contributed by atoms with van der Waals surface area (Å²) in [5.74, 6) is -2.24. The van der Waals surface area contributed by atoms with Crippen molar-refractivity contribution in [2.45, 2.75) is 122 Å². The van der Waals surface area contributed by atoms with Crippen LogP contribution in [0.15, 0.2) is 0 Å². The highest BCUT2D eigenvalue weighted by molar-refractivity contribution is 6.40. The van der Waals surface area contributed by atoms with Gasteiger partial charge in [0.25, 0.3) is 0 Å². The van der Waals surface area contributed by atoms with Gasteiger partial charge in [-0.05, 0) is 48.9 Å². The monoisotopic (exact) mass is 601 g/mol. The van der Waals surface area contributed by atoms with Gasteiger partial charge in [0.05, 0.1) is 18.6 Å². The number of carbonyl (C=O) groups is 6. The Balaban J connectivity index is 1.55. The number of fused-ring (bicyclic) bond motifs is 3. The maximum absolute atomic E-state index is 14.1. The predicted molar refractivity (Wildman–Crippen MR) is 161 cm³/mol. The quantitative estimate of drug-likeness (QED) is 0.310. The summed E-state index contributed by atoms with van der Waals surface area (Å²) < 4.78 is 0. The van der Waals surface area contributed by atoms with Crippen molar-refractivity contribution < 1.29 is 28.8 Å². The standard InChI is InChI=1S/C32H51N5O6/c1-18(2)25(27(39)19-14-15-19)36-31(43)35-22-13-11-9-7-5-6-8-10-12-21(28(40)23(38)16-33)34-29(41)26-24-20(32(24,3)4)17-37(26)30(22)42/h18-22,24-26H,5-17,33H2,1-4H3,(H,34,41)(H2,35,36,43)/t20-,21-,22-,24-,25-,26-/m0/s1. The van der Waals surface area contributed by atoms with Crippen LogP contribution in [0.2, 0.25) is 0 Å². The van der Waals surface area contributed by atoms with Gasteiger partial charge in [0.15, 0.2) is 5.78 Å². The summed E-state index contributed by atoms with van der Waals surface area (Å²) in [5, 5.41) is 8.52. The van der Waals surface area contributed by atoms with E-state index < -0.39 is 54.2 Å². The van der Waals surface area contributed by atoms with Crippen LogP contribution in [0.25, 0.3) is 0 Å². The third-order valence-electron chi connectivity index (χ3n) is 10.2. The number of carbonyl (C=O) groups excluding carboxylic acids is 6. The largest absolute Gasteiger partial charge is 0.344 e. The van der Waals surface area contributed by atoms with Crippen LogP contribution < -0.4 is 21.7 Å². The van der Waals surface area contributed by atoms with Crippen LogP contribution in [0, 0.1) is 29.1 Å². The maximum Gasteiger partial charge on any atom is 0.316 e. The highest BCUT2D eigenvalue weighted by atomic mass is 16.2. The van der Waals surface area contributed by atoms with Gasteiger partial charge in [0.2, 0.25) is 23.4 Å². The Hall–Kier alpha value is -2.82. The molecule has 2 saturated carbocycles. The first-order chi connectivity index (χ1) is 20.4. The zero-order valence-corrected chi connectivity index (χ0v) is 26.3. The van der Waals surface area contributed by atoms with Crippen molar-refractivity contribution in [2.75, 3.05) is 13.1 Å². The number of hydrogen-bond donors (Lipinski definition) is 4. The van der Waals surface area contributed by atoms with Crippen molar-refractivity contribution in [3.05, 3.63) is 0 Å². The summed E-state index contributed by atoms with van der Waals surface area (Å²) >= 11 is 0. The van der Waals surface area contributed by atoms with Crippen LogP contribution in [-0.4, -0.2) is 77.4 Å². The van der Waals surface area contributed by atoms with E-state index in [-0.39, 0.29) is 40.8 Å². The fraction of sp³-hybridized carbons (Fsp3) is 0.812. The van der Waals surface area contributed by atoms with Crippen molar-refractivity contribution in [3.8, 4) is 0 Å². The predicted octanol–water partition coefficient (Wildman–Crippen LogP) is 2.25. The van der Waals surface area contributed by atoms with E-state index in [1.165, 1.54) is 0 Å². The third kappa shape index (κ3) is 7.64. The molecule has 11 nitrogen and oxygen atoms in total. The lowest BCUT2D eigenvalue weighted by Crippen LogP contribution is -2.59. The number of urea groups is 1. The summed E-state index contributed by atoms with van der Waals surface area (Å²) in [7, 11) is 0. The minimum Gasteiger partial charge on any atom is -0.344 e. The lowest BCUT2D eigenvalue weighted by molar-refractivity contribution is -0.143. The summed E-state index contributed by atoms with van der Waals surface area (Å²) in [5.41, 5.74) is 5.31. The molecule has 0 spiro atoms. The molecule has 6 atom stereocenters. The zero-order chi connectivity index (χ0) is 31.5. The molecular formula is C32H51N5O6. The summed E-state index contributed by atoms with van der Waals surface area (Å²) in [4.78, 5) is 80.7. The van der Waals surface area contributed by atoms with Gasteiger partial charge in [-0.15, -0.1) is 0 Å². The van der Waals surface area contributed by atoms with Gasteiger partial charge in [0, 0.05) is 12.5 Å². The molecule has 0 bridgehead atoms. The molecule has 5 N–H and O–H groups in total. The van der Waals surface area contributed by atoms with E-state index >= 15 is 0 Å². The number of nitrogens with one attached hydrogen (secondary N) is 3. The average Bonchev–Trinajstić information content (AvgIpc) is 3.84. The molecule has 4 fully saturated rings. The van der Waals surface area contributed by atoms with Gasteiger partial charge in [0.1, 0.15) is 12.1 Å². The molecule has 4 amide bonds. The molecule has 0 aromatic carbocycles. The van der Waals surface area contributed by atoms with E-state index in [1.807, 2.05) is 13.8 Å². The van der Waals surface area contributed by atoms with Crippen LogP contribution in [0.4, 0.5) is 4.79 Å². The van der Waals surface area contributed by atoms with Gasteiger partial charge >= 0.3 is 6.03 Å². The number of Topliss-reactive ketones (excluding diaryl/α,β-unsaturated/α-hetero) is 3. The molecule has 2 heterocycles. The number of rotatable bonds is 8. The highest BCUT2D eigenvalue weighted by Gasteiger charge is 2.69. The third-order valence-corrected chi connectivity index (χ3v) is 10.2. The number of nitrogens with two attached hydrogens (primary N) is 1. The lowest BCUT2D eigenvalue weighted by Gasteiger charge is -2.34. The topological polar surface area (TPSA) is 168 Å². The smallest absolute Gasteiger partial charge is 0.316 e. The van der Waals surface area contributed by atoms with Crippen LogP contribution in [0.1, 0.15) is 98.3 Å². The lowest BCUT2D eigenvalue weighted by atomic mass is 9.96. The van der Waals surface area contributed by atoms with Crippen molar-refractivity contribution in [1.29, 1.82) is 0 Å². The SMILES string of the molecule is CC(C)[C@H](NC(=O)N[C@H]1CCCCCCCCC[C@@H](C(=O)C(=O)CN)NC(=O)[C@@H]2[C@@H]3[C@H](CN2C1=O)C3(C)C)C(=O)C1CC1. The molecule has 2 aliphatic carbocycles. The van der Waals surface area contributed by atoms with Crippen molar-refractivity contribution in [1.82, 2.24) is 20.9 Å². The Morgan fingerprint density at radius 1 is 0.953 bits per heavy atom. The van der Waals surface area contributed by atoms with E-state index in [0.29, 0.717) is 25.8 Å². The molecule has 4 rings (SSSR count). The fourth-order valence-corrected chi connectivity index (χ4v) is 7.20. The average molecular weight is 602 g/mol. The van der Waals surface area contributed by atoms with Gasteiger partial charge < -0.3 is 26.6 Å². The Kier molecular flexibility index (Phi) is 10.7. The van der Waals surface area contributed by atoms with Crippen LogP contribution >= 0.6 is 0 Å². The van der Waals surface area contributed by atoms with Crippen molar-refractivity contribution in [2.24, 2.45) is 34.8 Å². The molecule has 11 heteroatoms. The molecule has 2 saturated heterocycles. The molecule has 0 aromatic rings. The van der Waals surface area contributed by atoms with Gasteiger partial charge in [-0.2, -0.15) is 0 Å².